The third kappa shape index (κ3) is 5.21. The molecule has 0 saturated carbocycles. The average Bonchev–Trinajstić information content (AvgIpc) is 3.15. The largest absolute Gasteiger partial charge is 0.380 e. The Balaban J connectivity index is 1.38. The summed E-state index contributed by atoms with van der Waals surface area (Å²) < 4.78 is 5.49. The molecule has 0 aromatic heterocycles. The van der Waals surface area contributed by atoms with Crippen molar-refractivity contribution >= 4 is 11.7 Å². The van der Waals surface area contributed by atoms with Crippen LogP contribution < -0.4 is 10.6 Å². The molecular formula is C21H33N3O2. The highest BCUT2D eigenvalue weighted by molar-refractivity contribution is 5.89. The molecule has 2 saturated heterocycles. The monoisotopic (exact) mass is 359 g/mol. The van der Waals surface area contributed by atoms with Crippen molar-refractivity contribution in [1.82, 2.24) is 10.2 Å². The van der Waals surface area contributed by atoms with Gasteiger partial charge in [-0.05, 0) is 61.4 Å². The summed E-state index contributed by atoms with van der Waals surface area (Å²) in [7, 11) is 0. The highest BCUT2D eigenvalue weighted by Crippen LogP contribution is 2.24. The zero-order chi connectivity index (χ0) is 18.6. The topological polar surface area (TPSA) is 53.6 Å². The minimum Gasteiger partial charge on any atom is -0.380 e. The minimum atomic E-state index is -0.111. The molecule has 2 N–H and O–H groups in total. The van der Waals surface area contributed by atoms with Crippen LogP contribution in [0.4, 0.5) is 10.5 Å². The lowest BCUT2D eigenvalue weighted by atomic mass is 9.87. The van der Waals surface area contributed by atoms with Crippen molar-refractivity contribution in [3.63, 3.8) is 0 Å². The van der Waals surface area contributed by atoms with Crippen LogP contribution in [0.15, 0.2) is 24.3 Å². The number of piperidine rings is 1. The molecule has 3 rings (SSSR count). The maximum atomic E-state index is 12.2. The number of nitrogens with zero attached hydrogens (tertiary/aromatic N) is 1. The van der Waals surface area contributed by atoms with E-state index in [-0.39, 0.29) is 11.4 Å². The van der Waals surface area contributed by atoms with Gasteiger partial charge >= 0.3 is 6.03 Å². The van der Waals surface area contributed by atoms with Crippen LogP contribution in [-0.4, -0.2) is 49.8 Å². The molecule has 0 aliphatic carbocycles. The van der Waals surface area contributed by atoms with E-state index in [1.807, 2.05) is 12.1 Å². The number of ether oxygens (including phenoxy) is 1. The smallest absolute Gasteiger partial charge is 0.319 e. The first-order valence-corrected chi connectivity index (χ1v) is 9.89. The van der Waals surface area contributed by atoms with Crippen LogP contribution in [-0.2, 0) is 10.2 Å². The Hall–Kier alpha value is -1.59. The van der Waals surface area contributed by atoms with E-state index in [9.17, 15) is 4.79 Å². The highest BCUT2D eigenvalue weighted by Gasteiger charge is 2.27. The van der Waals surface area contributed by atoms with Gasteiger partial charge in [0.1, 0.15) is 0 Å². The molecule has 0 radical (unpaired) electrons. The molecule has 1 aromatic carbocycles. The summed E-state index contributed by atoms with van der Waals surface area (Å²) in [5.74, 6) is 0.572. The summed E-state index contributed by atoms with van der Waals surface area (Å²) in [6.45, 7) is 11.4. The molecular weight excluding hydrogens is 326 g/mol. The lowest BCUT2D eigenvalue weighted by molar-refractivity contribution is 0.110. The molecule has 1 aromatic rings. The average molecular weight is 360 g/mol. The number of carbonyl (C=O) groups excluding carboxylic acids is 1. The van der Waals surface area contributed by atoms with Gasteiger partial charge in [0.15, 0.2) is 0 Å². The molecule has 26 heavy (non-hydrogen) atoms. The Morgan fingerprint density at radius 2 is 1.85 bits per heavy atom. The van der Waals surface area contributed by atoms with Crippen molar-refractivity contribution < 1.29 is 9.53 Å². The number of urea groups is 1. The fourth-order valence-corrected chi connectivity index (χ4v) is 3.80. The van der Waals surface area contributed by atoms with Gasteiger partial charge in [0.05, 0.1) is 6.61 Å². The Morgan fingerprint density at radius 1 is 1.15 bits per heavy atom. The van der Waals surface area contributed by atoms with Gasteiger partial charge in [0, 0.05) is 24.9 Å². The molecule has 5 heteroatoms. The summed E-state index contributed by atoms with van der Waals surface area (Å²) in [4.78, 5) is 14.7. The number of hydrogen-bond acceptors (Lipinski definition) is 3. The van der Waals surface area contributed by atoms with Gasteiger partial charge in [-0.25, -0.2) is 4.79 Å². The summed E-state index contributed by atoms with van der Waals surface area (Å²) in [6, 6.07) is 8.62. The van der Waals surface area contributed by atoms with Crippen molar-refractivity contribution in [3.8, 4) is 0 Å². The maximum absolute atomic E-state index is 12.2. The predicted octanol–water partition coefficient (Wildman–Crippen LogP) is 3.61. The van der Waals surface area contributed by atoms with Crippen LogP contribution >= 0.6 is 0 Å². The second kappa shape index (κ2) is 8.40. The lowest BCUT2D eigenvalue weighted by Gasteiger charge is -2.35. The molecule has 144 valence electrons. The van der Waals surface area contributed by atoms with E-state index in [0.717, 1.165) is 51.4 Å². The molecule has 1 atom stereocenters. The number of benzene rings is 1. The summed E-state index contributed by atoms with van der Waals surface area (Å²) in [5.41, 5.74) is 2.23. The first-order chi connectivity index (χ1) is 12.4. The summed E-state index contributed by atoms with van der Waals surface area (Å²) in [6.07, 6.45) is 3.47. The molecule has 2 aliphatic rings. The van der Waals surface area contributed by atoms with E-state index in [0.29, 0.717) is 12.0 Å². The predicted molar refractivity (Wildman–Crippen MR) is 106 cm³/mol. The maximum Gasteiger partial charge on any atom is 0.319 e. The van der Waals surface area contributed by atoms with Crippen molar-refractivity contribution in [2.24, 2.45) is 5.92 Å². The minimum absolute atomic E-state index is 0.111. The Bertz CT molecular complexity index is 580. The number of hydrogen-bond donors (Lipinski definition) is 2. The van der Waals surface area contributed by atoms with Gasteiger partial charge in [-0.3, -0.25) is 4.90 Å². The van der Waals surface area contributed by atoms with Gasteiger partial charge < -0.3 is 15.4 Å². The van der Waals surface area contributed by atoms with Crippen LogP contribution in [0.25, 0.3) is 0 Å². The number of nitrogens with one attached hydrogen (secondary N) is 2. The lowest BCUT2D eigenvalue weighted by Crippen LogP contribution is -2.44. The molecule has 0 bridgehead atoms. The van der Waals surface area contributed by atoms with Gasteiger partial charge in [0.25, 0.3) is 0 Å². The van der Waals surface area contributed by atoms with Crippen LogP contribution in [0.5, 0.6) is 0 Å². The van der Waals surface area contributed by atoms with Gasteiger partial charge in [-0.2, -0.15) is 0 Å². The molecule has 2 fully saturated rings. The van der Waals surface area contributed by atoms with Crippen molar-refractivity contribution in [2.45, 2.75) is 51.5 Å². The van der Waals surface area contributed by atoms with E-state index in [1.165, 1.54) is 12.0 Å². The van der Waals surface area contributed by atoms with Crippen molar-refractivity contribution in [2.75, 3.05) is 38.2 Å². The van der Waals surface area contributed by atoms with Crippen molar-refractivity contribution in [1.29, 1.82) is 0 Å². The van der Waals surface area contributed by atoms with E-state index in [4.69, 9.17) is 4.74 Å². The summed E-state index contributed by atoms with van der Waals surface area (Å²) in [5, 5.41) is 5.97. The quantitative estimate of drug-likeness (QED) is 0.863. The van der Waals surface area contributed by atoms with Crippen LogP contribution in [0, 0.1) is 5.92 Å². The van der Waals surface area contributed by atoms with E-state index < -0.39 is 0 Å². The van der Waals surface area contributed by atoms with Crippen molar-refractivity contribution in [3.05, 3.63) is 29.8 Å². The second-order valence-corrected chi connectivity index (χ2v) is 8.66. The molecule has 0 spiro atoms. The molecule has 2 aliphatic heterocycles. The summed E-state index contributed by atoms with van der Waals surface area (Å²) >= 11 is 0. The molecule has 0 unspecified atom stereocenters. The third-order valence-corrected chi connectivity index (χ3v) is 5.63. The Morgan fingerprint density at radius 3 is 2.42 bits per heavy atom. The molecule has 2 heterocycles. The van der Waals surface area contributed by atoms with Crippen LogP contribution in [0.2, 0.25) is 0 Å². The number of carbonyl (C=O) groups is 1. The van der Waals surface area contributed by atoms with Crippen LogP contribution in [0.1, 0.15) is 45.6 Å². The van der Waals surface area contributed by atoms with E-state index in [1.54, 1.807) is 0 Å². The second-order valence-electron chi connectivity index (χ2n) is 8.66. The number of anilines is 1. The first kappa shape index (κ1) is 19.2. The van der Waals surface area contributed by atoms with Crippen LogP contribution in [0.3, 0.4) is 0 Å². The fourth-order valence-electron chi connectivity index (χ4n) is 3.80. The zero-order valence-electron chi connectivity index (χ0n) is 16.4. The number of amides is 2. The SMILES string of the molecule is CC(C)(C)c1ccc(NC(=O)NCC2CCN([C@@H]3CCOC3)CC2)cc1. The fraction of sp³-hybridized carbons (Fsp3) is 0.667. The van der Waals surface area contributed by atoms with Gasteiger partial charge in [-0.15, -0.1) is 0 Å². The zero-order valence-corrected chi connectivity index (χ0v) is 16.4. The number of rotatable bonds is 4. The van der Waals surface area contributed by atoms with Gasteiger partial charge in [0.2, 0.25) is 0 Å². The standard InChI is InChI=1S/C21H33N3O2/c1-21(2,3)17-4-6-18(7-5-17)23-20(25)22-14-16-8-11-24(12-9-16)19-10-13-26-15-19/h4-7,16,19H,8-15H2,1-3H3,(H2,22,23,25)/t19-/m1/s1. The molecule has 5 nitrogen and oxygen atoms in total. The number of likely N-dealkylation sites (tertiary alicyclic amines) is 1. The molecule has 2 amide bonds. The van der Waals surface area contributed by atoms with Gasteiger partial charge in [-0.1, -0.05) is 32.9 Å². The normalized spacial score (nSPS) is 22.3. The van der Waals surface area contributed by atoms with E-state index in [2.05, 4.69) is 48.4 Å². The Kier molecular flexibility index (Phi) is 6.20. The third-order valence-electron chi connectivity index (χ3n) is 5.63. The Labute approximate surface area is 157 Å². The first-order valence-electron chi connectivity index (χ1n) is 9.89. The highest BCUT2D eigenvalue weighted by atomic mass is 16.5. The van der Waals surface area contributed by atoms with E-state index >= 15 is 0 Å².